The van der Waals surface area contributed by atoms with Crippen molar-refractivity contribution in [3.63, 3.8) is 0 Å². The third kappa shape index (κ3) is 2.34. The van der Waals surface area contributed by atoms with Gasteiger partial charge in [-0.3, -0.25) is 4.74 Å². The molecule has 1 aliphatic rings. The number of carbonyl (C=O) groups is 1. The van der Waals surface area contributed by atoms with E-state index in [2.05, 4.69) is 0 Å². The van der Waals surface area contributed by atoms with Crippen LogP contribution in [-0.4, -0.2) is 12.1 Å². The maximum Gasteiger partial charge on any atom is 0.289 e. The highest BCUT2D eigenvalue weighted by atomic mass is 17.3. The standard InChI is InChI=1S/C12H11NO4/c1-12(8-13)15-11(16-17-12)10-5-3-2-4-9(10)6-7-14/h2-5,7,11H,6H2,1H3. The minimum atomic E-state index is -1.40. The van der Waals surface area contributed by atoms with E-state index in [1.807, 2.05) is 12.1 Å². The van der Waals surface area contributed by atoms with Crippen LogP contribution in [0.25, 0.3) is 0 Å². The summed E-state index contributed by atoms with van der Waals surface area (Å²) in [4.78, 5) is 20.3. The lowest BCUT2D eigenvalue weighted by atomic mass is 10.0. The number of aldehydes is 1. The summed E-state index contributed by atoms with van der Waals surface area (Å²) in [6.07, 6.45) is 0.289. The number of benzene rings is 1. The topological polar surface area (TPSA) is 68.5 Å². The largest absolute Gasteiger partial charge is 0.303 e. The fraction of sp³-hybridized carbons (Fsp3) is 0.333. The highest BCUT2D eigenvalue weighted by Gasteiger charge is 2.41. The molecular formula is C12H11NO4. The average Bonchev–Trinajstić information content (AvgIpc) is 2.74. The lowest BCUT2D eigenvalue weighted by Gasteiger charge is -2.12. The number of ether oxygens (including phenoxy) is 1. The van der Waals surface area contributed by atoms with E-state index in [0.29, 0.717) is 5.56 Å². The van der Waals surface area contributed by atoms with Crippen molar-refractivity contribution < 1.29 is 19.3 Å². The van der Waals surface area contributed by atoms with Gasteiger partial charge >= 0.3 is 0 Å². The SMILES string of the molecule is CC1(C#N)OOC(c2ccccc2CC=O)O1. The quantitative estimate of drug-likeness (QED) is 0.586. The monoisotopic (exact) mass is 233 g/mol. The Kier molecular flexibility index (Phi) is 3.20. The maximum atomic E-state index is 10.6. The summed E-state index contributed by atoms with van der Waals surface area (Å²) in [6.45, 7) is 1.47. The molecule has 0 spiro atoms. The van der Waals surface area contributed by atoms with Gasteiger partial charge in [0.15, 0.2) is 0 Å². The molecule has 0 bridgehead atoms. The molecule has 0 radical (unpaired) electrons. The van der Waals surface area contributed by atoms with Gasteiger partial charge < -0.3 is 4.79 Å². The molecule has 0 saturated carbocycles. The number of hydrogen-bond acceptors (Lipinski definition) is 5. The molecule has 88 valence electrons. The average molecular weight is 233 g/mol. The summed E-state index contributed by atoms with van der Waals surface area (Å²) in [5.74, 6) is -1.40. The van der Waals surface area contributed by atoms with Crippen LogP contribution in [-0.2, 0) is 25.7 Å². The van der Waals surface area contributed by atoms with Crippen LogP contribution in [0.4, 0.5) is 0 Å². The van der Waals surface area contributed by atoms with Gasteiger partial charge in [0.2, 0.25) is 6.29 Å². The number of rotatable bonds is 3. The van der Waals surface area contributed by atoms with Crippen molar-refractivity contribution in [3.05, 3.63) is 35.4 Å². The Morgan fingerprint density at radius 3 is 2.94 bits per heavy atom. The molecule has 1 fully saturated rings. The first kappa shape index (κ1) is 11.7. The Morgan fingerprint density at radius 2 is 2.29 bits per heavy atom. The van der Waals surface area contributed by atoms with Crippen LogP contribution in [0.15, 0.2) is 24.3 Å². The zero-order valence-corrected chi connectivity index (χ0v) is 9.25. The lowest BCUT2D eigenvalue weighted by Crippen LogP contribution is -2.22. The van der Waals surface area contributed by atoms with Crippen LogP contribution in [0.5, 0.6) is 0 Å². The van der Waals surface area contributed by atoms with E-state index >= 15 is 0 Å². The molecule has 2 rings (SSSR count). The first-order chi connectivity index (χ1) is 8.18. The Bertz CT molecular complexity index is 468. The second-order valence-corrected chi connectivity index (χ2v) is 3.76. The van der Waals surface area contributed by atoms with Crippen molar-refractivity contribution in [3.8, 4) is 6.07 Å². The minimum absolute atomic E-state index is 0.267. The van der Waals surface area contributed by atoms with E-state index in [9.17, 15) is 4.79 Å². The fourth-order valence-corrected chi connectivity index (χ4v) is 1.58. The maximum absolute atomic E-state index is 10.6. The molecule has 17 heavy (non-hydrogen) atoms. The highest BCUT2D eigenvalue weighted by molar-refractivity contribution is 5.56. The fourth-order valence-electron chi connectivity index (χ4n) is 1.58. The van der Waals surface area contributed by atoms with Gasteiger partial charge in [0.1, 0.15) is 12.4 Å². The van der Waals surface area contributed by atoms with E-state index in [1.54, 1.807) is 18.2 Å². The van der Waals surface area contributed by atoms with Gasteiger partial charge in [-0.1, -0.05) is 24.3 Å². The second kappa shape index (κ2) is 4.63. The zero-order chi connectivity index (χ0) is 12.3. The van der Waals surface area contributed by atoms with Crippen LogP contribution in [0.2, 0.25) is 0 Å². The summed E-state index contributed by atoms with van der Waals surface area (Å²) in [5.41, 5.74) is 1.48. The number of carbonyl (C=O) groups excluding carboxylic acids is 1. The lowest BCUT2D eigenvalue weighted by molar-refractivity contribution is -0.312. The van der Waals surface area contributed by atoms with E-state index in [1.165, 1.54) is 6.92 Å². The van der Waals surface area contributed by atoms with Crippen molar-refractivity contribution in [2.24, 2.45) is 0 Å². The summed E-state index contributed by atoms with van der Waals surface area (Å²) >= 11 is 0. The molecule has 1 aromatic carbocycles. The number of hydrogen-bond donors (Lipinski definition) is 0. The van der Waals surface area contributed by atoms with Crippen molar-refractivity contribution >= 4 is 6.29 Å². The molecule has 1 aromatic rings. The Labute approximate surface area is 98.4 Å². The molecule has 1 heterocycles. The van der Waals surface area contributed by atoms with E-state index in [0.717, 1.165) is 11.8 Å². The third-order valence-corrected chi connectivity index (χ3v) is 2.44. The van der Waals surface area contributed by atoms with Crippen LogP contribution < -0.4 is 0 Å². The van der Waals surface area contributed by atoms with Gasteiger partial charge in [0, 0.05) is 18.9 Å². The first-order valence-corrected chi connectivity index (χ1v) is 5.13. The molecule has 1 saturated heterocycles. The van der Waals surface area contributed by atoms with E-state index in [4.69, 9.17) is 19.8 Å². The van der Waals surface area contributed by atoms with Crippen molar-refractivity contribution in [2.45, 2.75) is 25.4 Å². The summed E-state index contributed by atoms with van der Waals surface area (Å²) in [7, 11) is 0. The molecule has 0 aliphatic carbocycles. The second-order valence-electron chi connectivity index (χ2n) is 3.76. The molecular weight excluding hydrogens is 222 g/mol. The zero-order valence-electron chi connectivity index (χ0n) is 9.25. The minimum Gasteiger partial charge on any atom is -0.303 e. The molecule has 0 aromatic heterocycles. The van der Waals surface area contributed by atoms with Gasteiger partial charge in [-0.25, -0.2) is 0 Å². The smallest absolute Gasteiger partial charge is 0.289 e. The van der Waals surface area contributed by atoms with Gasteiger partial charge in [0.05, 0.1) is 0 Å². The van der Waals surface area contributed by atoms with Crippen molar-refractivity contribution in [1.29, 1.82) is 5.26 Å². The third-order valence-electron chi connectivity index (χ3n) is 2.44. The van der Waals surface area contributed by atoms with E-state index < -0.39 is 12.1 Å². The summed E-state index contributed by atoms with van der Waals surface area (Å²) < 4.78 is 5.35. The van der Waals surface area contributed by atoms with E-state index in [-0.39, 0.29) is 6.42 Å². The summed E-state index contributed by atoms with van der Waals surface area (Å²) in [6, 6.07) is 9.06. The Balaban J connectivity index is 2.25. The molecule has 5 nitrogen and oxygen atoms in total. The molecule has 2 atom stereocenters. The van der Waals surface area contributed by atoms with Crippen LogP contribution in [0.3, 0.4) is 0 Å². The Morgan fingerprint density at radius 1 is 1.53 bits per heavy atom. The van der Waals surface area contributed by atoms with Gasteiger partial charge in [0.25, 0.3) is 5.79 Å². The molecule has 2 unspecified atom stereocenters. The predicted molar refractivity (Wildman–Crippen MR) is 56.2 cm³/mol. The molecule has 5 heteroatoms. The van der Waals surface area contributed by atoms with Crippen LogP contribution >= 0.6 is 0 Å². The van der Waals surface area contributed by atoms with Gasteiger partial charge in [-0.15, -0.1) is 0 Å². The van der Waals surface area contributed by atoms with Crippen LogP contribution in [0.1, 0.15) is 24.3 Å². The van der Waals surface area contributed by atoms with Crippen LogP contribution in [0, 0.1) is 11.3 Å². The van der Waals surface area contributed by atoms with Crippen molar-refractivity contribution in [1.82, 2.24) is 0 Å². The van der Waals surface area contributed by atoms with Crippen molar-refractivity contribution in [2.75, 3.05) is 0 Å². The van der Waals surface area contributed by atoms with Gasteiger partial charge in [-0.2, -0.15) is 15.0 Å². The molecule has 1 aliphatic heterocycles. The van der Waals surface area contributed by atoms with Gasteiger partial charge in [-0.05, 0) is 5.56 Å². The normalized spacial score (nSPS) is 27.6. The molecule has 0 amide bonds. The predicted octanol–water partition coefficient (Wildman–Crippen LogP) is 1.64. The highest BCUT2D eigenvalue weighted by Crippen LogP contribution is 2.35. The summed E-state index contributed by atoms with van der Waals surface area (Å²) in [5, 5.41) is 8.83. The first-order valence-electron chi connectivity index (χ1n) is 5.13. The number of nitriles is 1. The Hall–Kier alpha value is -1.74. The number of nitrogens with zero attached hydrogens (tertiary/aromatic N) is 1. The molecule has 0 N–H and O–H groups in total.